The van der Waals surface area contributed by atoms with Crippen molar-refractivity contribution in [3.63, 3.8) is 0 Å². The van der Waals surface area contributed by atoms with Gasteiger partial charge in [0.2, 0.25) is 0 Å². The molecule has 0 amide bonds. The van der Waals surface area contributed by atoms with Gasteiger partial charge in [0.25, 0.3) is 0 Å². The van der Waals surface area contributed by atoms with Crippen molar-refractivity contribution >= 4 is 0 Å². The average Bonchev–Trinajstić information content (AvgIpc) is 2.64. The predicted octanol–water partition coefficient (Wildman–Crippen LogP) is 1.92. The lowest BCUT2D eigenvalue weighted by molar-refractivity contribution is -0.155. The quantitative estimate of drug-likeness (QED) is 0.840. The molecule has 0 aromatic carbocycles. The molecule has 2 saturated heterocycles. The maximum Gasteiger partial charge on any atom is 0.0875 e. The van der Waals surface area contributed by atoms with E-state index in [1.807, 2.05) is 14.2 Å². The van der Waals surface area contributed by atoms with E-state index >= 15 is 0 Å². The number of nitrogens with zero attached hydrogens (tertiary/aromatic N) is 1. The standard InChI is InChI=1S/C20H35NO4/c1-23-18-5-4-12-8-16-14-10-19(24-2)17(22)9-13(14)6-7-21(16)11-15(12)20(18)25-3/h12-20,22H,4-11H2,1-3H3. The minimum atomic E-state index is -0.274. The molecule has 0 radical (unpaired) electrons. The first-order valence-corrected chi connectivity index (χ1v) is 10.2. The molecule has 9 unspecified atom stereocenters. The summed E-state index contributed by atoms with van der Waals surface area (Å²) in [6, 6.07) is 0.668. The van der Waals surface area contributed by atoms with E-state index in [-0.39, 0.29) is 24.4 Å². The zero-order chi connectivity index (χ0) is 17.6. The van der Waals surface area contributed by atoms with Crippen molar-refractivity contribution in [2.75, 3.05) is 34.4 Å². The Balaban J connectivity index is 1.50. The summed E-state index contributed by atoms with van der Waals surface area (Å²) < 4.78 is 17.2. The molecule has 4 rings (SSSR count). The van der Waals surface area contributed by atoms with E-state index in [9.17, 15) is 5.11 Å². The van der Waals surface area contributed by atoms with Crippen molar-refractivity contribution in [1.82, 2.24) is 4.90 Å². The van der Waals surface area contributed by atoms with Gasteiger partial charge >= 0.3 is 0 Å². The second-order valence-corrected chi connectivity index (χ2v) is 8.80. The SMILES string of the molecule is COC1CC2C(CCN3CC4C(CCC(OC)C4OC)CC23)CC1O. The third-order valence-electron chi connectivity index (χ3n) is 7.92. The van der Waals surface area contributed by atoms with Crippen LogP contribution in [0, 0.1) is 23.7 Å². The molecule has 4 aliphatic rings. The van der Waals surface area contributed by atoms with Gasteiger partial charge in [0.05, 0.1) is 24.4 Å². The number of hydrogen-bond donors (Lipinski definition) is 1. The Morgan fingerprint density at radius 2 is 1.56 bits per heavy atom. The third-order valence-corrected chi connectivity index (χ3v) is 7.92. The molecule has 2 aliphatic carbocycles. The molecule has 4 fully saturated rings. The van der Waals surface area contributed by atoms with Crippen LogP contribution < -0.4 is 0 Å². The Hall–Kier alpha value is -0.200. The Labute approximate surface area is 152 Å². The van der Waals surface area contributed by atoms with Gasteiger partial charge in [-0.3, -0.25) is 4.90 Å². The van der Waals surface area contributed by atoms with Gasteiger partial charge in [-0.1, -0.05) is 0 Å². The van der Waals surface area contributed by atoms with Crippen LogP contribution in [-0.2, 0) is 14.2 Å². The summed E-state index contributed by atoms with van der Waals surface area (Å²) in [6.07, 6.45) is 7.08. The first-order valence-electron chi connectivity index (χ1n) is 10.2. The maximum absolute atomic E-state index is 10.3. The number of hydrogen-bond acceptors (Lipinski definition) is 5. The lowest BCUT2D eigenvalue weighted by Crippen LogP contribution is -2.62. The smallest absolute Gasteiger partial charge is 0.0875 e. The van der Waals surface area contributed by atoms with Gasteiger partial charge in [-0.05, 0) is 62.8 Å². The second kappa shape index (κ2) is 7.43. The monoisotopic (exact) mass is 353 g/mol. The minimum Gasteiger partial charge on any atom is -0.390 e. The highest BCUT2D eigenvalue weighted by Crippen LogP contribution is 2.48. The Kier molecular flexibility index (Phi) is 5.40. The Morgan fingerprint density at radius 1 is 0.800 bits per heavy atom. The first-order chi connectivity index (χ1) is 12.2. The van der Waals surface area contributed by atoms with Crippen LogP contribution in [0.2, 0.25) is 0 Å². The van der Waals surface area contributed by atoms with Crippen LogP contribution in [0.3, 0.4) is 0 Å². The van der Waals surface area contributed by atoms with E-state index in [0.717, 1.165) is 31.7 Å². The molecule has 5 heteroatoms. The van der Waals surface area contributed by atoms with Crippen LogP contribution in [-0.4, -0.2) is 74.9 Å². The number of methoxy groups -OCH3 is 3. The van der Waals surface area contributed by atoms with Gasteiger partial charge in [-0.25, -0.2) is 0 Å². The zero-order valence-corrected chi connectivity index (χ0v) is 16.0. The van der Waals surface area contributed by atoms with E-state index < -0.39 is 0 Å². The number of fused-ring (bicyclic) bond motifs is 4. The number of aliphatic hydroxyl groups is 1. The highest BCUT2D eigenvalue weighted by Gasteiger charge is 2.51. The summed E-state index contributed by atoms with van der Waals surface area (Å²) in [4.78, 5) is 2.73. The fourth-order valence-corrected chi connectivity index (χ4v) is 6.64. The van der Waals surface area contributed by atoms with Crippen LogP contribution >= 0.6 is 0 Å². The Morgan fingerprint density at radius 3 is 2.28 bits per heavy atom. The molecule has 0 spiro atoms. The van der Waals surface area contributed by atoms with E-state index in [1.54, 1.807) is 7.11 Å². The van der Waals surface area contributed by atoms with Crippen LogP contribution in [0.5, 0.6) is 0 Å². The molecule has 144 valence electrons. The predicted molar refractivity (Wildman–Crippen MR) is 95.4 cm³/mol. The van der Waals surface area contributed by atoms with E-state index in [4.69, 9.17) is 14.2 Å². The summed E-state index contributed by atoms with van der Waals surface area (Å²) in [5.41, 5.74) is 0. The summed E-state index contributed by atoms with van der Waals surface area (Å²) in [7, 11) is 5.43. The molecule has 5 nitrogen and oxygen atoms in total. The second-order valence-electron chi connectivity index (χ2n) is 8.80. The fraction of sp³-hybridized carbons (Fsp3) is 1.00. The van der Waals surface area contributed by atoms with Gasteiger partial charge in [0, 0.05) is 39.8 Å². The third kappa shape index (κ3) is 3.16. The van der Waals surface area contributed by atoms with E-state index in [1.165, 1.54) is 25.8 Å². The van der Waals surface area contributed by atoms with Crippen molar-refractivity contribution < 1.29 is 19.3 Å². The van der Waals surface area contributed by atoms with Crippen LogP contribution in [0.15, 0.2) is 0 Å². The molecule has 0 aromatic rings. The van der Waals surface area contributed by atoms with Gasteiger partial charge in [0.15, 0.2) is 0 Å². The summed E-state index contributed by atoms with van der Waals surface area (Å²) in [6.45, 7) is 2.32. The lowest BCUT2D eigenvalue weighted by Gasteiger charge is -2.57. The topological polar surface area (TPSA) is 51.2 Å². The Bertz CT molecular complexity index is 461. The van der Waals surface area contributed by atoms with Gasteiger partial charge < -0.3 is 19.3 Å². The summed E-state index contributed by atoms with van der Waals surface area (Å²) >= 11 is 0. The van der Waals surface area contributed by atoms with Crippen molar-refractivity contribution in [3.8, 4) is 0 Å². The molecule has 25 heavy (non-hydrogen) atoms. The maximum atomic E-state index is 10.3. The normalized spacial score (nSPS) is 50.6. The summed E-state index contributed by atoms with van der Waals surface area (Å²) in [5, 5.41) is 10.3. The first kappa shape index (κ1) is 18.2. The average molecular weight is 354 g/mol. The van der Waals surface area contributed by atoms with Crippen LogP contribution in [0.1, 0.15) is 38.5 Å². The van der Waals surface area contributed by atoms with Gasteiger partial charge in [-0.15, -0.1) is 0 Å². The molecule has 9 atom stereocenters. The minimum absolute atomic E-state index is 0.0230. The van der Waals surface area contributed by atoms with E-state index in [0.29, 0.717) is 23.8 Å². The van der Waals surface area contributed by atoms with Crippen molar-refractivity contribution in [3.05, 3.63) is 0 Å². The number of ether oxygens (including phenoxy) is 3. The highest BCUT2D eigenvalue weighted by molar-refractivity contribution is 5.03. The van der Waals surface area contributed by atoms with E-state index in [2.05, 4.69) is 4.90 Å². The summed E-state index contributed by atoms with van der Waals surface area (Å²) in [5.74, 6) is 2.71. The number of aliphatic hydroxyl groups excluding tert-OH is 1. The highest BCUT2D eigenvalue weighted by atomic mass is 16.5. The van der Waals surface area contributed by atoms with Crippen molar-refractivity contribution in [2.45, 2.75) is 69.0 Å². The largest absolute Gasteiger partial charge is 0.390 e. The molecule has 2 heterocycles. The molecule has 0 bridgehead atoms. The molecule has 2 aliphatic heterocycles. The van der Waals surface area contributed by atoms with Crippen molar-refractivity contribution in [2.24, 2.45) is 23.7 Å². The van der Waals surface area contributed by atoms with Crippen molar-refractivity contribution in [1.29, 1.82) is 0 Å². The molecule has 1 N–H and O–H groups in total. The van der Waals surface area contributed by atoms with Crippen LogP contribution in [0.4, 0.5) is 0 Å². The fourth-order valence-electron chi connectivity index (χ4n) is 6.64. The van der Waals surface area contributed by atoms with Crippen LogP contribution in [0.25, 0.3) is 0 Å². The molecular formula is C20H35NO4. The number of piperidine rings is 2. The zero-order valence-electron chi connectivity index (χ0n) is 16.0. The molecule has 0 aromatic heterocycles. The number of rotatable bonds is 3. The lowest BCUT2D eigenvalue weighted by atomic mass is 9.62. The van der Waals surface area contributed by atoms with Gasteiger partial charge in [0.1, 0.15) is 0 Å². The molecule has 2 saturated carbocycles. The van der Waals surface area contributed by atoms with Gasteiger partial charge in [-0.2, -0.15) is 0 Å². The molecular weight excluding hydrogens is 318 g/mol.